The van der Waals surface area contributed by atoms with Gasteiger partial charge in [0.1, 0.15) is 0 Å². The molecule has 0 atom stereocenters. The summed E-state index contributed by atoms with van der Waals surface area (Å²) in [5, 5.41) is 7.87. The zero-order valence-corrected chi connectivity index (χ0v) is 22.6. The summed E-state index contributed by atoms with van der Waals surface area (Å²) in [5.74, 6) is 0. The summed E-state index contributed by atoms with van der Waals surface area (Å²) in [4.78, 5) is 0. The number of rotatable bonds is 1. The smallest absolute Gasteiger partial charge is 0.0547 e. The van der Waals surface area contributed by atoms with Crippen LogP contribution in [0.5, 0.6) is 0 Å². The molecule has 1 nitrogen and oxygen atoms in total. The lowest BCUT2D eigenvalue weighted by Crippen LogP contribution is -2.14. The lowest BCUT2D eigenvalue weighted by Gasteiger charge is -2.21. The Morgan fingerprint density at radius 2 is 1.21 bits per heavy atom. The largest absolute Gasteiger partial charge is 0.309 e. The number of aromatic nitrogens is 1. The van der Waals surface area contributed by atoms with E-state index in [1.54, 1.807) is 0 Å². The Balaban J connectivity index is 1.43. The molecule has 0 spiro atoms. The Kier molecular flexibility index (Phi) is 4.07. The van der Waals surface area contributed by atoms with Crippen LogP contribution in [0.25, 0.3) is 69.6 Å². The topological polar surface area (TPSA) is 4.93 Å². The van der Waals surface area contributed by atoms with Gasteiger partial charge in [-0.3, -0.25) is 0 Å². The monoisotopic (exact) mass is 515 g/mol. The summed E-state index contributed by atoms with van der Waals surface area (Å²) >= 11 is 1.88. The average molecular weight is 516 g/mol. The van der Waals surface area contributed by atoms with Crippen molar-refractivity contribution in [3.05, 3.63) is 126 Å². The highest BCUT2D eigenvalue weighted by atomic mass is 32.1. The van der Waals surface area contributed by atoms with Gasteiger partial charge < -0.3 is 4.57 Å². The molecule has 1 aliphatic carbocycles. The maximum atomic E-state index is 2.50. The van der Waals surface area contributed by atoms with Crippen LogP contribution in [0.4, 0.5) is 0 Å². The van der Waals surface area contributed by atoms with E-state index in [2.05, 4.69) is 134 Å². The Morgan fingerprint density at radius 3 is 2.10 bits per heavy atom. The van der Waals surface area contributed by atoms with Gasteiger partial charge in [-0.15, -0.1) is 11.3 Å². The molecule has 6 aromatic carbocycles. The molecule has 0 fully saturated rings. The highest BCUT2D eigenvalue weighted by molar-refractivity contribution is 7.25. The molecule has 0 radical (unpaired) electrons. The molecule has 9 rings (SSSR count). The van der Waals surface area contributed by atoms with E-state index in [-0.39, 0.29) is 5.41 Å². The van der Waals surface area contributed by atoms with Crippen LogP contribution >= 0.6 is 11.3 Å². The summed E-state index contributed by atoms with van der Waals surface area (Å²) in [7, 11) is 0. The van der Waals surface area contributed by atoms with Crippen molar-refractivity contribution in [1.29, 1.82) is 0 Å². The number of benzene rings is 6. The minimum Gasteiger partial charge on any atom is -0.309 e. The van der Waals surface area contributed by atoms with Gasteiger partial charge in [-0.1, -0.05) is 86.6 Å². The van der Waals surface area contributed by atoms with Crippen molar-refractivity contribution in [3.8, 4) is 16.8 Å². The normalized spacial score (nSPS) is 14.1. The molecule has 2 aromatic heterocycles. The molecule has 0 unspecified atom stereocenters. The van der Waals surface area contributed by atoms with Crippen molar-refractivity contribution in [1.82, 2.24) is 4.57 Å². The molecule has 2 heterocycles. The maximum Gasteiger partial charge on any atom is 0.0547 e. The molecule has 39 heavy (non-hydrogen) atoms. The van der Waals surface area contributed by atoms with Crippen molar-refractivity contribution < 1.29 is 0 Å². The van der Waals surface area contributed by atoms with Crippen LogP contribution in [0.1, 0.15) is 25.0 Å². The second kappa shape index (κ2) is 7.37. The van der Waals surface area contributed by atoms with E-state index < -0.39 is 0 Å². The molecule has 8 aromatic rings. The molecular formula is C37H25NS. The highest BCUT2D eigenvalue weighted by Gasteiger charge is 2.36. The molecule has 184 valence electrons. The SMILES string of the molecule is CC1(C)c2ccccc2-c2cc3c(cc21)c1cc2ccccc2cc1n3-c1ccc2c(c1)sc1ccccc12. The van der Waals surface area contributed by atoms with Crippen LogP contribution in [0.3, 0.4) is 0 Å². The zero-order chi connectivity index (χ0) is 25.9. The average Bonchev–Trinajstić information content (AvgIpc) is 3.56. The van der Waals surface area contributed by atoms with Crippen molar-refractivity contribution >= 4 is 64.1 Å². The van der Waals surface area contributed by atoms with Gasteiger partial charge in [-0.25, -0.2) is 0 Å². The van der Waals surface area contributed by atoms with Gasteiger partial charge in [0.05, 0.1) is 11.0 Å². The van der Waals surface area contributed by atoms with Crippen LogP contribution in [0.15, 0.2) is 115 Å². The van der Waals surface area contributed by atoms with Gasteiger partial charge in [0.15, 0.2) is 0 Å². The lowest BCUT2D eigenvalue weighted by atomic mass is 9.82. The summed E-state index contributed by atoms with van der Waals surface area (Å²) in [6.45, 7) is 4.74. The Hall–Kier alpha value is -4.40. The molecular weight excluding hydrogens is 490 g/mol. The van der Waals surface area contributed by atoms with Crippen molar-refractivity contribution in [3.63, 3.8) is 0 Å². The first-order valence-electron chi connectivity index (χ1n) is 13.6. The number of hydrogen-bond acceptors (Lipinski definition) is 1. The minimum atomic E-state index is -0.0264. The number of nitrogens with zero attached hydrogens (tertiary/aromatic N) is 1. The highest BCUT2D eigenvalue weighted by Crippen LogP contribution is 2.51. The predicted molar refractivity (Wildman–Crippen MR) is 169 cm³/mol. The Morgan fingerprint density at radius 1 is 0.513 bits per heavy atom. The van der Waals surface area contributed by atoms with E-state index in [4.69, 9.17) is 0 Å². The molecule has 0 aliphatic heterocycles. The first-order chi connectivity index (χ1) is 19.1. The molecule has 1 aliphatic rings. The summed E-state index contributed by atoms with van der Waals surface area (Å²) in [5.41, 5.74) is 9.28. The predicted octanol–water partition coefficient (Wildman–Crippen LogP) is 10.6. The fraction of sp³-hybridized carbons (Fsp3) is 0.0811. The molecule has 0 amide bonds. The fourth-order valence-corrected chi connectivity index (χ4v) is 8.17. The zero-order valence-electron chi connectivity index (χ0n) is 21.8. The summed E-state index contributed by atoms with van der Waals surface area (Å²) in [6.07, 6.45) is 0. The van der Waals surface area contributed by atoms with E-state index in [0.717, 1.165) is 0 Å². The van der Waals surface area contributed by atoms with E-state index in [0.29, 0.717) is 0 Å². The van der Waals surface area contributed by atoms with Crippen molar-refractivity contribution in [2.24, 2.45) is 0 Å². The van der Waals surface area contributed by atoms with Crippen LogP contribution in [0, 0.1) is 0 Å². The van der Waals surface area contributed by atoms with Gasteiger partial charge in [0, 0.05) is 42.0 Å². The van der Waals surface area contributed by atoms with Gasteiger partial charge in [0.2, 0.25) is 0 Å². The summed E-state index contributed by atoms with van der Waals surface area (Å²) < 4.78 is 5.17. The molecule has 0 saturated carbocycles. The molecule has 0 saturated heterocycles. The summed E-state index contributed by atoms with van der Waals surface area (Å²) in [6, 6.07) is 43.1. The van der Waals surface area contributed by atoms with E-state index >= 15 is 0 Å². The molecule has 0 N–H and O–H groups in total. The van der Waals surface area contributed by atoms with Crippen LogP contribution in [-0.4, -0.2) is 4.57 Å². The second-order valence-corrected chi connectivity index (χ2v) is 12.5. The number of thiophene rings is 1. The second-order valence-electron chi connectivity index (χ2n) is 11.4. The first kappa shape index (κ1) is 21.5. The van der Waals surface area contributed by atoms with Gasteiger partial charge in [-0.05, 0) is 75.5 Å². The van der Waals surface area contributed by atoms with Crippen LogP contribution in [-0.2, 0) is 5.41 Å². The third-order valence-corrected chi connectivity index (χ3v) is 10.1. The van der Waals surface area contributed by atoms with Crippen LogP contribution < -0.4 is 0 Å². The number of fused-ring (bicyclic) bond motifs is 10. The van der Waals surface area contributed by atoms with Gasteiger partial charge in [-0.2, -0.15) is 0 Å². The Bertz CT molecular complexity index is 2310. The Labute approximate surface area is 230 Å². The molecule has 2 heteroatoms. The maximum absolute atomic E-state index is 2.50. The van der Waals surface area contributed by atoms with Gasteiger partial charge in [0.25, 0.3) is 0 Å². The standard InChI is InChI=1S/C37H25NS/c1-37(2)31-13-7-5-11-25(31)28-21-34-30(20-32(28)37)29-17-22-9-3-4-10-23(22)18-33(29)38(34)24-15-16-27-26-12-6-8-14-35(26)39-36(27)19-24/h3-21H,1-2H3. The van der Waals surface area contributed by atoms with E-state index in [1.165, 1.54) is 80.7 Å². The quantitative estimate of drug-likeness (QED) is 0.205. The minimum absolute atomic E-state index is 0.0264. The van der Waals surface area contributed by atoms with Crippen molar-refractivity contribution in [2.45, 2.75) is 19.3 Å². The van der Waals surface area contributed by atoms with Crippen LogP contribution in [0.2, 0.25) is 0 Å². The lowest BCUT2D eigenvalue weighted by molar-refractivity contribution is 0.661. The molecule has 0 bridgehead atoms. The first-order valence-corrected chi connectivity index (χ1v) is 14.4. The van der Waals surface area contributed by atoms with Crippen molar-refractivity contribution in [2.75, 3.05) is 0 Å². The number of hydrogen-bond donors (Lipinski definition) is 0. The third-order valence-electron chi connectivity index (χ3n) is 8.96. The fourth-order valence-electron chi connectivity index (χ4n) is 7.03. The van der Waals surface area contributed by atoms with E-state index in [1.807, 2.05) is 11.3 Å². The third kappa shape index (κ3) is 2.79. The van der Waals surface area contributed by atoms with Gasteiger partial charge >= 0.3 is 0 Å². The van der Waals surface area contributed by atoms with E-state index in [9.17, 15) is 0 Å².